The van der Waals surface area contributed by atoms with Gasteiger partial charge in [-0.25, -0.2) is 0 Å². The van der Waals surface area contributed by atoms with Crippen LogP contribution in [0.5, 0.6) is 5.75 Å². The highest BCUT2D eigenvalue weighted by Gasteiger charge is 2.68. The van der Waals surface area contributed by atoms with Gasteiger partial charge in [-0.3, -0.25) is 9.59 Å². The third kappa shape index (κ3) is 2.13. The van der Waals surface area contributed by atoms with E-state index in [2.05, 4.69) is 0 Å². The molecule has 108 valence electrons. The van der Waals surface area contributed by atoms with Crippen LogP contribution in [0.2, 0.25) is 0 Å². The van der Waals surface area contributed by atoms with E-state index in [-0.39, 0.29) is 18.9 Å². The number of carbonyl (C=O) groups is 2. The number of hydrogen-bond donors (Lipinski definition) is 1. The molecule has 0 bridgehead atoms. The lowest BCUT2D eigenvalue weighted by Crippen LogP contribution is -2.29. The van der Waals surface area contributed by atoms with Gasteiger partial charge < -0.3 is 14.6 Å². The van der Waals surface area contributed by atoms with Crippen molar-refractivity contribution in [1.82, 2.24) is 0 Å². The van der Waals surface area contributed by atoms with Crippen LogP contribution in [0, 0.1) is 12.3 Å². The van der Waals surface area contributed by atoms with Gasteiger partial charge in [-0.15, -0.1) is 0 Å². The normalized spacial score (nSPS) is 24.1. The number of carboxylic acid groups (broad SMARTS) is 1. The monoisotopic (exact) mass is 278 g/mol. The van der Waals surface area contributed by atoms with Crippen LogP contribution in [0.3, 0.4) is 0 Å². The molecule has 1 N–H and O–H groups in total. The van der Waals surface area contributed by atoms with Crippen molar-refractivity contribution < 1.29 is 24.2 Å². The number of hydrogen-bond acceptors (Lipinski definition) is 4. The lowest BCUT2D eigenvalue weighted by molar-refractivity contribution is -0.161. The van der Waals surface area contributed by atoms with E-state index in [1.54, 1.807) is 20.1 Å². The molecule has 1 aromatic rings. The fraction of sp³-hybridized carbons (Fsp3) is 0.467. The van der Waals surface area contributed by atoms with Gasteiger partial charge in [0.25, 0.3) is 0 Å². The largest absolute Gasteiger partial charge is 0.497 e. The second-order valence-corrected chi connectivity index (χ2v) is 4.98. The predicted octanol–water partition coefficient (Wildman–Crippen LogP) is 2.13. The Hall–Kier alpha value is -2.04. The molecule has 0 saturated heterocycles. The van der Waals surface area contributed by atoms with Crippen LogP contribution in [-0.2, 0) is 14.3 Å². The minimum absolute atomic E-state index is 0.178. The Labute approximate surface area is 117 Å². The van der Waals surface area contributed by atoms with E-state index in [4.69, 9.17) is 9.47 Å². The Morgan fingerprint density at radius 3 is 2.70 bits per heavy atom. The second kappa shape index (κ2) is 5.15. The van der Waals surface area contributed by atoms with Gasteiger partial charge in [0.2, 0.25) is 0 Å². The van der Waals surface area contributed by atoms with Crippen molar-refractivity contribution in [3.63, 3.8) is 0 Å². The summed E-state index contributed by atoms with van der Waals surface area (Å²) < 4.78 is 10.1. The van der Waals surface area contributed by atoms with Crippen molar-refractivity contribution in [2.24, 2.45) is 5.41 Å². The fourth-order valence-electron chi connectivity index (χ4n) is 2.57. The van der Waals surface area contributed by atoms with Gasteiger partial charge >= 0.3 is 11.9 Å². The Bertz CT molecular complexity index is 551. The number of carboxylic acids is 1. The molecule has 1 fully saturated rings. The molecule has 1 aliphatic carbocycles. The zero-order chi connectivity index (χ0) is 14.9. The standard InChI is InChI=1S/C15H18O5/c1-4-20-14(18)15(13(16)17)8-12(15)11-7-10(19-3)6-5-9(11)2/h5-7,12H,4,8H2,1-3H3,(H,16,17). The molecular formula is C15H18O5. The second-order valence-electron chi connectivity index (χ2n) is 4.98. The summed E-state index contributed by atoms with van der Waals surface area (Å²) in [6.45, 7) is 3.74. The molecule has 0 spiro atoms. The van der Waals surface area contributed by atoms with Gasteiger partial charge in [0.05, 0.1) is 13.7 Å². The Kier molecular flexibility index (Phi) is 3.70. The highest BCUT2D eigenvalue weighted by Crippen LogP contribution is 2.61. The van der Waals surface area contributed by atoms with Crippen molar-refractivity contribution in [1.29, 1.82) is 0 Å². The van der Waals surface area contributed by atoms with Gasteiger partial charge in [-0.1, -0.05) is 6.07 Å². The van der Waals surface area contributed by atoms with Crippen LogP contribution in [0.15, 0.2) is 18.2 Å². The Morgan fingerprint density at radius 2 is 2.15 bits per heavy atom. The molecule has 1 saturated carbocycles. The maximum Gasteiger partial charge on any atom is 0.324 e. The predicted molar refractivity (Wildman–Crippen MR) is 71.8 cm³/mol. The summed E-state index contributed by atoms with van der Waals surface area (Å²) in [5.41, 5.74) is 0.343. The van der Waals surface area contributed by atoms with E-state index in [0.717, 1.165) is 11.1 Å². The first-order valence-corrected chi connectivity index (χ1v) is 6.52. The highest BCUT2D eigenvalue weighted by molar-refractivity contribution is 6.04. The zero-order valence-electron chi connectivity index (χ0n) is 11.8. The van der Waals surface area contributed by atoms with E-state index in [1.165, 1.54) is 0 Å². The van der Waals surface area contributed by atoms with Crippen LogP contribution in [-0.4, -0.2) is 30.8 Å². The molecular weight excluding hydrogens is 260 g/mol. The number of rotatable bonds is 5. The molecule has 1 aromatic carbocycles. The molecule has 2 unspecified atom stereocenters. The first-order chi connectivity index (χ1) is 9.47. The first kappa shape index (κ1) is 14.4. The molecule has 2 atom stereocenters. The van der Waals surface area contributed by atoms with E-state index < -0.39 is 17.4 Å². The van der Waals surface area contributed by atoms with Crippen LogP contribution in [0.4, 0.5) is 0 Å². The topological polar surface area (TPSA) is 72.8 Å². The average Bonchev–Trinajstić information content (AvgIpc) is 3.16. The number of benzene rings is 1. The SMILES string of the molecule is CCOC(=O)C1(C(=O)O)CC1c1cc(OC)ccc1C. The van der Waals surface area contributed by atoms with E-state index >= 15 is 0 Å². The molecule has 2 rings (SSSR count). The van der Waals surface area contributed by atoms with Crippen molar-refractivity contribution in [3.05, 3.63) is 29.3 Å². The summed E-state index contributed by atoms with van der Waals surface area (Å²) in [7, 11) is 1.55. The van der Waals surface area contributed by atoms with E-state index in [1.807, 2.05) is 19.1 Å². The first-order valence-electron chi connectivity index (χ1n) is 6.52. The number of aliphatic carboxylic acids is 1. The Balaban J connectivity index is 2.36. The van der Waals surface area contributed by atoms with Crippen molar-refractivity contribution in [3.8, 4) is 5.75 Å². The smallest absolute Gasteiger partial charge is 0.324 e. The Morgan fingerprint density at radius 1 is 1.45 bits per heavy atom. The van der Waals surface area contributed by atoms with Gasteiger partial charge in [-0.2, -0.15) is 0 Å². The summed E-state index contributed by atoms with van der Waals surface area (Å²) in [5, 5.41) is 9.42. The van der Waals surface area contributed by atoms with Gasteiger partial charge in [0, 0.05) is 5.92 Å². The minimum Gasteiger partial charge on any atom is -0.497 e. The van der Waals surface area contributed by atoms with Crippen molar-refractivity contribution in [2.75, 3.05) is 13.7 Å². The van der Waals surface area contributed by atoms with Crippen LogP contribution >= 0.6 is 0 Å². The maximum atomic E-state index is 12.0. The zero-order valence-corrected chi connectivity index (χ0v) is 11.8. The third-order valence-electron chi connectivity index (χ3n) is 3.84. The summed E-state index contributed by atoms with van der Waals surface area (Å²) in [4.78, 5) is 23.5. The molecule has 0 radical (unpaired) electrons. The number of methoxy groups -OCH3 is 1. The molecule has 20 heavy (non-hydrogen) atoms. The maximum absolute atomic E-state index is 12.0. The van der Waals surface area contributed by atoms with E-state index in [0.29, 0.717) is 5.75 Å². The number of aryl methyl sites for hydroxylation is 1. The fourth-order valence-corrected chi connectivity index (χ4v) is 2.57. The molecule has 1 aliphatic rings. The summed E-state index contributed by atoms with van der Waals surface area (Å²) in [6.07, 6.45) is 0.273. The average molecular weight is 278 g/mol. The van der Waals surface area contributed by atoms with E-state index in [9.17, 15) is 14.7 Å². The molecule has 0 amide bonds. The lowest BCUT2D eigenvalue weighted by Gasteiger charge is -2.13. The van der Waals surface area contributed by atoms with Gasteiger partial charge in [0.15, 0.2) is 5.41 Å². The molecule has 0 aliphatic heterocycles. The minimum atomic E-state index is -1.44. The van der Waals surface area contributed by atoms with Crippen LogP contribution < -0.4 is 4.74 Å². The number of esters is 1. The van der Waals surface area contributed by atoms with Crippen LogP contribution in [0.25, 0.3) is 0 Å². The van der Waals surface area contributed by atoms with Crippen molar-refractivity contribution in [2.45, 2.75) is 26.2 Å². The lowest BCUT2D eigenvalue weighted by atomic mass is 9.96. The number of carbonyl (C=O) groups excluding carboxylic acids is 1. The van der Waals surface area contributed by atoms with Crippen molar-refractivity contribution >= 4 is 11.9 Å². The number of ether oxygens (including phenoxy) is 2. The third-order valence-corrected chi connectivity index (χ3v) is 3.84. The quantitative estimate of drug-likeness (QED) is 0.659. The molecule has 5 heteroatoms. The highest BCUT2D eigenvalue weighted by atomic mass is 16.5. The van der Waals surface area contributed by atoms with Gasteiger partial charge in [-0.05, 0) is 43.5 Å². The molecule has 5 nitrogen and oxygen atoms in total. The summed E-state index contributed by atoms with van der Waals surface area (Å²) >= 11 is 0. The molecule has 0 aromatic heterocycles. The van der Waals surface area contributed by atoms with Gasteiger partial charge in [0.1, 0.15) is 5.75 Å². The summed E-state index contributed by atoms with van der Waals surface area (Å²) in [6, 6.07) is 5.47. The van der Waals surface area contributed by atoms with Crippen LogP contribution in [0.1, 0.15) is 30.4 Å². The summed E-state index contributed by atoms with van der Waals surface area (Å²) in [5.74, 6) is -1.47. The molecule has 0 heterocycles.